The highest BCUT2D eigenvalue weighted by atomic mass is 16.8. The zero-order valence-corrected chi connectivity index (χ0v) is 17.4. The summed E-state index contributed by atoms with van der Waals surface area (Å²) in [5.41, 5.74) is 0. The molecule has 1 rings (SSSR count). The van der Waals surface area contributed by atoms with E-state index in [0.717, 1.165) is 31.6 Å². The monoisotopic (exact) mass is 386 g/mol. The van der Waals surface area contributed by atoms with Gasteiger partial charge < -0.3 is 18.9 Å². The van der Waals surface area contributed by atoms with E-state index in [0.29, 0.717) is 19.4 Å². The molecular formula is C21H38O6. The fraction of sp³-hybridized carbons (Fsp3) is 0.905. The fourth-order valence-electron chi connectivity index (χ4n) is 3.28. The molecule has 2 atom stereocenters. The molecule has 0 N–H and O–H groups in total. The number of hydrogen-bond donors (Lipinski definition) is 0. The Kier molecular flexibility index (Phi) is 12.7. The van der Waals surface area contributed by atoms with Crippen molar-refractivity contribution in [3.8, 4) is 0 Å². The maximum absolute atomic E-state index is 11.9. The lowest BCUT2D eigenvalue weighted by molar-refractivity contribution is -0.0705. The second kappa shape index (κ2) is 14.6. The summed E-state index contributed by atoms with van der Waals surface area (Å²) < 4.78 is 20.6. The third kappa shape index (κ3) is 11.8. The molecule has 0 aliphatic heterocycles. The summed E-state index contributed by atoms with van der Waals surface area (Å²) in [7, 11) is 0. The number of carbonyl (C=O) groups excluding carboxylic acids is 2. The van der Waals surface area contributed by atoms with Crippen LogP contribution in [0.1, 0.15) is 91.4 Å². The van der Waals surface area contributed by atoms with E-state index in [9.17, 15) is 9.59 Å². The molecule has 0 aromatic carbocycles. The topological polar surface area (TPSA) is 71.1 Å². The van der Waals surface area contributed by atoms with E-state index in [2.05, 4.69) is 13.8 Å². The van der Waals surface area contributed by atoms with Crippen LogP contribution in [0.3, 0.4) is 0 Å². The van der Waals surface area contributed by atoms with Crippen LogP contribution in [-0.2, 0) is 18.9 Å². The minimum absolute atomic E-state index is 0.261. The molecule has 0 radical (unpaired) electrons. The quantitative estimate of drug-likeness (QED) is 0.302. The number of hydrogen-bond acceptors (Lipinski definition) is 6. The van der Waals surface area contributed by atoms with Crippen molar-refractivity contribution < 1.29 is 28.5 Å². The van der Waals surface area contributed by atoms with Crippen LogP contribution in [0.2, 0.25) is 0 Å². The van der Waals surface area contributed by atoms with E-state index < -0.39 is 24.5 Å². The largest absolute Gasteiger partial charge is 0.508 e. The van der Waals surface area contributed by atoms with E-state index in [1.54, 1.807) is 6.92 Å². The van der Waals surface area contributed by atoms with Gasteiger partial charge in [-0.2, -0.15) is 0 Å². The van der Waals surface area contributed by atoms with Gasteiger partial charge in [0.1, 0.15) is 12.2 Å². The molecule has 1 saturated carbocycles. The normalized spacial score (nSPS) is 19.6. The van der Waals surface area contributed by atoms with Crippen molar-refractivity contribution in [3.63, 3.8) is 0 Å². The Labute approximate surface area is 164 Å². The zero-order chi connectivity index (χ0) is 19.9. The first-order valence-electron chi connectivity index (χ1n) is 10.7. The summed E-state index contributed by atoms with van der Waals surface area (Å²) in [6, 6.07) is 0. The van der Waals surface area contributed by atoms with Crippen LogP contribution in [0.25, 0.3) is 0 Å². The van der Waals surface area contributed by atoms with Crippen LogP contribution in [-0.4, -0.2) is 37.7 Å². The van der Waals surface area contributed by atoms with E-state index in [1.165, 1.54) is 32.1 Å². The number of rotatable bonds is 12. The van der Waals surface area contributed by atoms with Crippen molar-refractivity contribution in [2.75, 3.05) is 13.2 Å². The van der Waals surface area contributed by atoms with Gasteiger partial charge in [0.25, 0.3) is 0 Å². The van der Waals surface area contributed by atoms with E-state index in [1.807, 2.05) is 0 Å². The Morgan fingerprint density at radius 2 is 1.33 bits per heavy atom. The third-order valence-electron chi connectivity index (χ3n) is 4.80. The summed E-state index contributed by atoms with van der Waals surface area (Å²) in [4.78, 5) is 23.4. The van der Waals surface area contributed by atoms with Gasteiger partial charge in [-0.3, -0.25) is 0 Å². The highest BCUT2D eigenvalue weighted by molar-refractivity contribution is 5.61. The highest BCUT2D eigenvalue weighted by Gasteiger charge is 2.32. The third-order valence-corrected chi connectivity index (χ3v) is 4.80. The Morgan fingerprint density at radius 1 is 0.815 bits per heavy atom. The Morgan fingerprint density at radius 3 is 1.89 bits per heavy atom. The molecule has 0 saturated heterocycles. The minimum Gasteiger partial charge on any atom is -0.435 e. The van der Waals surface area contributed by atoms with Crippen LogP contribution in [0.5, 0.6) is 0 Å². The molecule has 0 aromatic heterocycles. The molecule has 0 aromatic rings. The molecule has 1 aliphatic carbocycles. The summed E-state index contributed by atoms with van der Waals surface area (Å²) >= 11 is 0. The first kappa shape index (κ1) is 23.6. The van der Waals surface area contributed by atoms with Gasteiger partial charge >= 0.3 is 12.3 Å². The van der Waals surface area contributed by atoms with Crippen LogP contribution < -0.4 is 0 Å². The number of ether oxygens (including phenoxy) is 4. The lowest BCUT2D eigenvalue weighted by atomic mass is 9.95. The summed E-state index contributed by atoms with van der Waals surface area (Å²) in [5.74, 6) is 0.788. The van der Waals surface area contributed by atoms with Crippen LogP contribution in [0.15, 0.2) is 0 Å². The molecule has 0 amide bonds. The molecule has 6 nitrogen and oxygen atoms in total. The van der Waals surface area contributed by atoms with Crippen molar-refractivity contribution in [1.82, 2.24) is 0 Å². The second-order valence-electron chi connectivity index (χ2n) is 7.68. The highest BCUT2D eigenvalue weighted by Crippen LogP contribution is 2.24. The first-order chi connectivity index (χ1) is 13.0. The van der Waals surface area contributed by atoms with Gasteiger partial charge in [-0.1, -0.05) is 52.4 Å². The predicted octanol–water partition coefficient (Wildman–Crippen LogP) is 6.01. The molecule has 0 heterocycles. The maximum Gasteiger partial charge on any atom is 0.508 e. The first-order valence-corrected chi connectivity index (χ1v) is 10.7. The molecule has 1 fully saturated rings. The van der Waals surface area contributed by atoms with Gasteiger partial charge in [0.15, 0.2) is 0 Å². The van der Waals surface area contributed by atoms with Gasteiger partial charge in [0.2, 0.25) is 0 Å². The average Bonchev–Trinajstić information content (AvgIpc) is 2.62. The molecule has 27 heavy (non-hydrogen) atoms. The number of unbranched alkanes of at least 4 members (excludes halogenated alkanes) is 5. The molecule has 2 unspecified atom stereocenters. The van der Waals surface area contributed by atoms with Crippen LogP contribution >= 0.6 is 0 Å². The molecule has 1 aliphatic rings. The molecular weight excluding hydrogens is 348 g/mol. The Balaban J connectivity index is 2.11. The van der Waals surface area contributed by atoms with Crippen molar-refractivity contribution in [2.45, 2.75) is 104 Å². The fourth-order valence-corrected chi connectivity index (χ4v) is 3.28. The molecule has 158 valence electrons. The van der Waals surface area contributed by atoms with Gasteiger partial charge in [-0.15, -0.1) is 0 Å². The molecule has 6 heteroatoms. The summed E-state index contributed by atoms with van der Waals surface area (Å²) in [5, 5.41) is 0. The number of carbonyl (C=O) groups is 2. The van der Waals surface area contributed by atoms with E-state index >= 15 is 0 Å². The van der Waals surface area contributed by atoms with Crippen LogP contribution in [0, 0.1) is 5.92 Å². The average molecular weight is 387 g/mol. The van der Waals surface area contributed by atoms with E-state index in [4.69, 9.17) is 18.9 Å². The molecule has 0 bridgehead atoms. The lowest BCUT2D eigenvalue weighted by Gasteiger charge is -2.29. The minimum atomic E-state index is -0.709. The standard InChI is InChI=1S/C21H38O6/c1-4-24-20(22)26-18-14-10-11-15-19(18)27-21(23)25-16-12-8-6-5-7-9-13-17(2)3/h17-19H,4-16H2,1-3H3. The SMILES string of the molecule is CCOC(=O)OC1CCCCC1OC(=O)OCCCCCCCCC(C)C. The van der Waals surface area contributed by atoms with Crippen molar-refractivity contribution in [2.24, 2.45) is 5.92 Å². The van der Waals surface area contributed by atoms with Crippen molar-refractivity contribution >= 4 is 12.3 Å². The van der Waals surface area contributed by atoms with Gasteiger partial charge in [-0.25, -0.2) is 9.59 Å². The van der Waals surface area contributed by atoms with Gasteiger partial charge in [-0.05, 0) is 44.9 Å². The van der Waals surface area contributed by atoms with E-state index in [-0.39, 0.29) is 6.61 Å². The predicted molar refractivity (Wildman–Crippen MR) is 104 cm³/mol. The van der Waals surface area contributed by atoms with Gasteiger partial charge in [0, 0.05) is 0 Å². The van der Waals surface area contributed by atoms with Crippen molar-refractivity contribution in [1.29, 1.82) is 0 Å². The van der Waals surface area contributed by atoms with Crippen LogP contribution in [0.4, 0.5) is 9.59 Å². The smallest absolute Gasteiger partial charge is 0.435 e. The molecule has 0 spiro atoms. The zero-order valence-electron chi connectivity index (χ0n) is 17.4. The Hall–Kier alpha value is -1.46. The Bertz CT molecular complexity index is 409. The summed E-state index contributed by atoms with van der Waals surface area (Å²) in [6.45, 7) is 6.88. The van der Waals surface area contributed by atoms with Crippen molar-refractivity contribution in [3.05, 3.63) is 0 Å². The summed E-state index contributed by atoms with van der Waals surface area (Å²) in [6.07, 6.45) is 9.18. The second-order valence-corrected chi connectivity index (χ2v) is 7.68. The van der Waals surface area contributed by atoms with Gasteiger partial charge in [0.05, 0.1) is 13.2 Å². The lowest BCUT2D eigenvalue weighted by Crippen LogP contribution is -2.38. The maximum atomic E-state index is 11.9.